The second-order valence-corrected chi connectivity index (χ2v) is 4.51. The van der Waals surface area contributed by atoms with Crippen molar-refractivity contribution in [3.05, 3.63) is 24.0 Å². The zero-order valence-corrected chi connectivity index (χ0v) is 11.4. The maximum Gasteiger partial charge on any atom is 0.330 e. The second-order valence-electron chi connectivity index (χ2n) is 4.07. The Labute approximate surface area is 116 Å². The van der Waals surface area contributed by atoms with E-state index in [4.69, 9.17) is 27.4 Å². The molecule has 19 heavy (non-hydrogen) atoms. The van der Waals surface area contributed by atoms with Crippen LogP contribution in [0.4, 0.5) is 5.69 Å². The summed E-state index contributed by atoms with van der Waals surface area (Å²) in [5, 5.41) is 0. The lowest BCUT2D eigenvalue weighted by Gasteiger charge is -2.35. The molecule has 2 N–H and O–H groups in total. The van der Waals surface area contributed by atoms with E-state index in [9.17, 15) is 4.79 Å². The summed E-state index contributed by atoms with van der Waals surface area (Å²) < 4.78 is 10.1. The maximum absolute atomic E-state index is 11.8. The van der Waals surface area contributed by atoms with E-state index in [0.717, 1.165) is 5.69 Å². The Morgan fingerprint density at radius 1 is 1.68 bits per heavy atom. The summed E-state index contributed by atoms with van der Waals surface area (Å²) in [5.74, 6) is -0.326. The van der Waals surface area contributed by atoms with Crippen LogP contribution in [-0.2, 0) is 14.3 Å². The van der Waals surface area contributed by atoms with Crippen molar-refractivity contribution in [2.24, 2.45) is 5.73 Å². The topological polar surface area (TPSA) is 77.7 Å². The van der Waals surface area contributed by atoms with E-state index in [1.807, 2.05) is 11.0 Å². The predicted octanol–water partition coefficient (Wildman–Crippen LogP) is 0.0940. The van der Waals surface area contributed by atoms with Crippen LogP contribution in [0.5, 0.6) is 0 Å². The molecule has 1 aliphatic heterocycles. The third-order valence-corrected chi connectivity index (χ3v) is 3.14. The number of hydrogen-bond acceptors (Lipinski definition) is 6. The quantitative estimate of drug-likeness (QED) is 0.621. The lowest BCUT2D eigenvalue weighted by Crippen LogP contribution is -2.50. The molecule has 0 bridgehead atoms. The number of hydrogen-bond donors (Lipinski definition) is 1. The van der Waals surface area contributed by atoms with Gasteiger partial charge in [0, 0.05) is 18.4 Å². The number of rotatable bonds is 3. The molecule has 1 unspecified atom stereocenters. The van der Waals surface area contributed by atoms with Crippen molar-refractivity contribution < 1.29 is 14.3 Å². The van der Waals surface area contributed by atoms with Crippen molar-refractivity contribution in [3.8, 4) is 0 Å². The van der Waals surface area contributed by atoms with Gasteiger partial charge in [0.1, 0.15) is 4.99 Å². The highest BCUT2D eigenvalue weighted by molar-refractivity contribution is 7.80. The Morgan fingerprint density at radius 3 is 3.16 bits per heavy atom. The molecule has 2 heterocycles. The van der Waals surface area contributed by atoms with Gasteiger partial charge in [0.2, 0.25) is 0 Å². The van der Waals surface area contributed by atoms with E-state index in [0.29, 0.717) is 25.5 Å². The normalized spacial score (nSPS) is 19.0. The molecule has 0 spiro atoms. The number of esters is 1. The maximum atomic E-state index is 11.8. The average Bonchev–Trinajstić information content (AvgIpc) is 2.46. The molecular weight excluding hydrogens is 266 g/mol. The molecular formula is C12H15N3O3S. The molecule has 6 nitrogen and oxygen atoms in total. The first-order valence-electron chi connectivity index (χ1n) is 5.81. The van der Waals surface area contributed by atoms with Crippen molar-refractivity contribution in [2.45, 2.75) is 6.04 Å². The number of carbonyl (C=O) groups is 1. The fourth-order valence-electron chi connectivity index (χ4n) is 1.98. The lowest BCUT2D eigenvalue weighted by atomic mass is 10.2. The number of anilines is 1. The van der Waals surface area contributed by atoms with Gasteiger partial charge in [-0.2, -0.15) is 0 Å². The first kappa shape index (κ1) is 13.7. The van der Waals surface area contributed by atoms with E-state index >= 15 is 0 Å². The SMILES string of the molecule is COC(=O)C1COCCN1c1ccnc(C(N)=S)c1. The minimum absolute atomic E-state index is 0.227. The van der Waals surface area contributed by atoms with Gasteiger partial charge in [-0.25, -0.2) is 4.79 Å². The standard InChI is InChI=1S/C12H15N3O3S/c1-17-12(16)10-7-18-5-4-15(10)8-2-3-14-9(6-8)11(13)19/h2-3,6,10H,4-5,7H2,1H3,(H2,13,19). The van der Waals surface area contributed by atoms with Crippen molar-refractivity contribution in [2.75, 3.05) is 31.8 Å². The van der Waals surface area contributed by atoms with Crippen molar-refractivity contribution >= 4 is 28.9 Å². The summed E-state index contributed by atoms with van der Waals surface area (Å²) in [5.41, 5.74) is 6.93. The predicted molar refractivity (Wildman–Crippen MR) is 74.1 cm³/mol. The highest BCUT2D eigenvalue weighted by Gasteiger charge is 2.30. The number of pyridine rings is 1. The van der Waals surface area contributed by atoms with Gasteiger partial charge < -0.3 is 20.1 Å². The zero-order chi connectivity index (χ0) is 13.8. The molecule has 1 atom stereocenters. The summed E-state index contributed by atoms with van der Waals surface area (Å²) in [6.07, 6.45) is 1.62. The number of aromatic nitrogens is 1. The number of carbonyl (C=O) groups excluding carboxylic acids is 1. The molecule has 1 saturated heterocycles. The molecule has 0 saturated carbocycles. The molecule has 0 aromatic carbocycles. The Balaban J connectivity index is 2.29. The number of nitrogens with zero attached hydrogens (tertiary/aromatic N) is 2. The van der Waals surface area contributed by atoms with Gasteiger partial charge in [-0.1, -0.05) is 12.2 Å². The van der Waals surface area contributed by atoms with Crippen molar-refractivity contribution in [1.82, 2.24) is 4.98 Å². The minimum atomic E-state index is -0.458. The van der Waals surface area contributed by atoms with E-state index in [-0.39, 0.29) is 11.0 Å². The van der Waals surface area contributed by atoms with Crippen LogP contribution in [0, 0.1) is 0 Å². The highest BCUT2D eigenvalue weighted by Crippen LogP contribution is 2.20. The summed E-state index contributed by atoms with van der Waals surface area (Å²) in [6, 6.07) is 3.12. The van der Waals surface area contributed by atoms with Gasteiger partial charge in [0.05, 0.1) is 26.0 Å². The summed E-state index contributed by atoms with van der Waals surface area (Å²) in [4.78, 5) is 18.0. The summed E-state index contributed by atoms with van der Waals surface area (Å²) in [7, 11) is 1.36. The van der Waals surface area contributed by atoms with Crippen LogP contribution in [0.1, 0.15) is 5.69 Å². The molecule has 1 aliphatic rings. The molecule has 1 aromatic heterocycles. The fourth-order valence-corrected chi connectivity index (χ4v) is 2.09. The third-order valence-electron chi connectivity index (χ3n) is 2.93. The Kier molecular flexibility index (Phi) is 4.28. The Bertz CT molecular complexity index is 495. The first-order chi connectivity index (χ1) is 9.13. The Morgan fingerprint density at radius 2 is 2.47 bits per heavy atom. The number of nitrogens with two attached hydrogens (primary N) is 1. The number of ether oxygens (including phenoxy) is 2. The van der Waals surface area contributed by atoms with Crippen LogP contribution in [0.3, 0.4) is 0 Å². The van der Waals surface area contributed by atoms with Crippen molar-refractivity contribution in [3.63, 3.8) is 0 Å². The summed E-state index contributed by atoms with van der Waals surface area (Å²) in [6.45, 7) is 1.45. The second kappa shape index (κ2) is 5.94. The molecule has 2 rings (SSSR count). The third kappa shape index (κ3) is 2.99. The monoisotopic (exact) mass is 281 g/mol. The van der Waals surface area contributed by atoms with E-state index in [2.05, 4.69) is 4.98 Å². The number of methoxy groups -OCH3 is 1. The van der Waals surface area contributed by atoms with E-state index in [1.54, 1.807) is 12.3 Å². The molecule has 0 aliphatic carbocycles. The number of thiocarbonyl (C=S) groups is 1. The molecule has 7 heteroatoms. The first-order valence-corrected chi connectivity index (χ1v) is 6.22. The van der Waals surface area contributed by atoms with Gasteiger partial charge >= 0.3 is 5.97 Å². The van der Waals surface area contributed by atoms with Crippen LogP contribution < -0.4 is 10.6 Å². The molecule has 102 valence electrons. The van der Waals surface area contributed by atoms with Gasteiger partial charge in [0.15, 0.2) is 6.04 Å². The number of morpholine rings is 1. The van der Waals surface area contributed by atoms with Crippen LogP contribution in [0.25, 0.3) is 0 Å². The van der Waals surface area contributed by atoms with Gasteiger partial charge in [0.25, 0.3) is 0 Å². The van der Waals surface area contributed by atoms with Crippen LogP contribution in [0.15, 0.2) is 18.3 Å². The lowest BCUT2D eigenvalue weighted by molar-refractivity contribution is -0.144. The zero-order valence-electron chi connectivity index (χ0n) is 10.5. The van der Waals surface area contributed by atoms with Crippen LogP contribution in [-0.4, -0.2) is 48.9 Å². The molecule has 0 amide bonds. The van der Waals surface area contributed by atoms with Crippen molar-refractivity contribution in [1.29, 1.82) is 0 Å². The smallest absolute Gasteiger partial charge is 0.330 e. The minimum Gasteiger partial charge on any atom is -0.467 e. The fraction of sp³-hybridized carbons (Fsp3) is 0.417. The van der Waals surface area contributed by atoms with Crippen LogP contribution >= 0.6 is 12.2 Å². The molecule has 1 aromatic rings. The Hall–Kier alpha value is -1.73. The van der Waals surface area contributed by atoms with Gasteiger partial charge in [-0.15, -0.1) is 0 Å². The van der Waals surface area contributed by atoms with Gasteiger partial charge in [-0.05, 0) is 12.1 Å². The molecule has 1 fully saturated rings. The van der Waals surface area contributed by atoms with Gasteiger partial charge in [-0.3, -0.25) is 4.98 Å². The summed E-state index contributed by atoms with van der Waals surface area (Å²) >= 11 is 4.91. The van der Waals surface area contributed by atoms with Crippen LogP contribution in [0.2, 0.25) is 0 Å². The van der Waals surface area contributed by atoms with E-state index in [1.165, 1.54) is 7.11 Å². The van der Waals surface area contributed by atoms with E-state index < -0.39 is 6.04 Å². The molecule has 0 radical (unpaired) electrons. The largest absolute Gasteiger partial charge is 0.467 e. The highest BCUT2D eigenvalue weighted by atomic mass is 32.1. The average molecular weight is 281 g/mol.